The maximum Gasteiger partial charge on any atom is 0.335 e. The van der Waals surface area contributed by atoms with Crippen molar-refractivity contribution in [3.8, 4) is 0 Å². The molecule has 0 aliphatic carbocycles. The number of hydrogen-bond donors (Lipinski definition) is 3. The summed E-state index contributed by atoms with van der Waals surface area (Å²) >= 11 is 0. The van der Waals surface area contributed by atoms with Crippen LogP contribution in [0.5, 0.6) is 0 Å². The number of carboxylic acids is 1. The molecule has 0 spiro atoms. The average molecular weight is 248 g/mol. The third-order valence-corrected chi connectivity index (χ3v) is 3.55. The predicted molar refractivity (Wildman–Crippen MR) is 70.9 cm³/mol. The average Bonchev–Trinajstić information content (AvgIpc) is 2.40. The number of hydrogen-bond acceptors (Lipinski definition) is 3. The van der Waals surface area contributed by atoms with Crippen molar-refractivity contribution < 1.29 is 9.90 Å². The number of carbonyl (C=O) groups is 1. The van der Waals surface area contributed by atoms with Crippen LogP contribution in [0.15, 0.2) is 24.3 Å². The molecule has 4 nitrogen and oxygen atoms in total. The molecule has 1 aliphatic heterocycles. The molecule has 98 valence electrons. The molecule has 1 saturated heterocycles. The molecule has 1 aliphatic rings. The normalized spacial score (nSPS) is 21.5. The van der Waals surface area contributed by atoms with Gasteiger partial charge in [-0.1, -0.05) is 25.1 Å². The minimum atomic E-state index is -0.840. The van der Waals surface area contributed by atoms with Crippen molar-refractivity contribution in [2.75, 3.05) is 19.6 Å². The van der Waals surface area contributed by atoms with E-state index in [4.69, 9.17) is 5.11 Å². The van der Waals surface area contributed by atoms with E-state index in [1.807, 2.05) is 12.1 Å². The molecule has 4 heteroatoms. The van der Waals surface area contributed by atoms with Gasteiger partial charge in [-0.15, -0.1) is 0 Å². The summed E-state index contributed by atoms with van der Waals surface area (Å²) in [7, 11) is 0. The second-order valence-electron chi connectivity index (χ2n) is 4.91. The van der Waals surface area contributed by atoms with Crippen molar-refractivity contribution in [1.29, 1.82) is 0 Å². The first-order valence-corrected chi connectivity index (χ1v) is 6.44. The van der Waals surface area contributed by atoms with Gasteiger partial charge in [0.2, 0.25) is 0 Å². The molecule has 3 N–H and O–H groups in total. The first-order chi connectivity index (χ1) is 8.68. The van der Waals surface area contributed by atoms with Gasteiger partial charge in [-0.3, -0.25) is 0 Å². The highest BCUT2D eigenvalue weighted by Gasteiger charge is 2.21. The molecule has 1 heterocycles. The van der Waals surface area contributed by atoms with E-state index in [2.05, 4.69) is 17.6 Å². The van der Waals surface area contributed by atoms with Crippen molar-refractivity contribution in [3.63, 3.8) is 0 Å². The van der Waals surface area contributed by atoms with Gasteiger partial charge in [0.05, 0.1) is 5.56 Å². The monoisotopic (exact) mass is 248 g/mol. The van der Waals surface area contributed by atoms with Gasteiger partial charge in [-0.2, -0.15) is 0 Å². The van der Waals surface area contributed by atoms with Crippen LogP contribution in [-0.2, 0) is 6.42 Å². The predicted octanol–water partition coefficient (Wildman–Crippen LogP) is 1.12. The molecular weight excluding hydrogens is 228 g/mol. The Morgan fingerprint density at radius 3 is 2.89 bits per heavy atom. The molecule has 0 amide bonds. The summed E-state index contributed by atoms with van der Waals surface area (Å²) in [5, 5.41) is 16.0. The number of nitrogens with one attached hydrogen (secondary N) is 2. The molecule has 1 unspecified atom stereocenters. The zero-order valence-corrected chi connectivity index (χ0v) is 10.6. The van der Waals surface area contributed by atoms with Crippen LogP contribution in [-0.4, -0.2) is 36.8 Å². The number of aromatic carboxylic acids is 1. The Bertz CT molecular complexity index is 414. The van der Waals surface area contributed by atoms with Crippen LogP contribution < -0.4 is 10.6 Å². The summed E-state index contributed by atoms with van der Waals surface area (Å²) in [6.07, 6.45) is 0.793. The summed E-state index contributed by atoms with van der Waals surface area (Å²) in [6, 6.07) is 7.69. The lowest BCUT2D eigenvalue weighted by Gasteiger charge is -2.30. The first kappa shape index (κ1) is 13.1. The summed E-state index contributed by atoms with van der Waals surface area (Å²) in [5.41, 5.74) is 1.35. The molecule has 1 aromatic rings. The highest BCUT2D eigenvalue weighted by atomic mass is 16.4. The minimum absolute atomic E-state index is 0.415. The zero-order chi connectivity index (χ0) is 13.0. The number of rotatable bonds is 4. The van der Waals surface area contributed by atoms with Gasteiger partial charge in [0.15, 0.2) is 0 Å². The second kappa shape index (κ2) is 5.98. The van der Waals surface area contributed by atoms with E-state index in [0.717, 1.165) is 31.6 Å². The first-order valence-electron chi connectivity index (χ1n) is 6.44. The fourth-order valence-corrected chi connectivity index (χ4v) is 2.47. The summed E-state index contributed by atoms with van der Waals surface area (Å²) in [5.74, 6) is -0.425. The Morgan fingerprint density at radius 1 is 1.44 bits per heavy atom. The van der Waals surface area contributed by atoms with Gasteiger partial charge in [-0.25, -0.2) is 4.79 Å². The van der Waals surface area contributed by atoms with Gasteiger partial charge >= 0.3 is 5.97 Å². The summed E-state index contributed by atoms with van der Waals surface area (Å²) in [4.78, 5) is 11.2. The largest absolute Gasteiger partial charge is 0.478 e. The van der Waals surface area contributed by atoms with Crippen molar-refractivity contribution in [3.05, 3.63) is 35.4 Å². The molecule has 1 fully saturated rings. The quantitative estimate of drug-likeness (QED) is 0.747. The van der Waals surface area contributed by atoms with E-state index in [-0.39, 0.29) is 0 Å². The molecule has 0 radical (unpaired) electrons. The van der Waals surface area contributed by atoms with E-state index in [9.17, 15) is 4.79 Å². The van der Waals surface area contributed by atoms with Crippen molar-refractivity contribution in [2.24, 2.45) is 5.92 Å². The molecule has 2 rings (SSSR count). The van der Waals surface area contributed by atoms with Crippen LogP contribution in [0.1, 0.15) is 22.8 Å². The highest BCUT2D eigenvalue weighted by Crippen LogP contribution is 2.17. The Kier molecular flexibility index (Phi) is 4.33. The van der Waals surface area contributed by atoms with Crippen LogP contribution in [0.2, 0.25) is 0 Å². The fraction of sp³-hybridized carbons (Fsp3) is 0.500. The standard InChI is InChI=1S/C14H20N2O2/c1-10(13-9-15-6-7-16-13)8-11-4-2-3-5-12(11)14(17)18/h2-5,10,13,15-16H,6-9H2,1H3,(H,17,18)/t10-,13?/m1/s1. The molecule has 0 bridgehead atoms. The number of piperazine rings is 1. The lowest BCUT2D eigenvalue weighted by Crippen LogP contribution is -2.51. The van der Waals surface area contributed by atoms with Gasteiger partial charge in [-0.05, 0) is 24.0 Å². The number of carboxylic acid groups (broad SMARTS) is 1. The van der Waals surface area contributed by atoms with Crippen molar-refractivity contribution >= 4 is 5.97 Å². The van der Waals surface area contributed by atoms with Crippen LogP contribution >= 0.6 is 0 Å². The van der Waals surface area contributed by atoms with E-state index >= 15 is 0 Å². The Balaban J connectivity index is 2.06. The highest BCUT2D eigenvalue weighted by molar-refractivity contribution is 5.89. The van der Waals surface area contributed by atoms with Gasteiger partial charge < -0.3 is 15.7 Å². The van der Waals surface area contributed by atoms with Gasteiger partial charge in [0.1, 0.15) is 0 Å². The molecular formula is C14H20N2O2. The maximum atomic E-state index is 11.2. The van der Waals surface area contributed by atoms with Crippen LogP contribution in [0, 0.1) is 5.92 Å². The lowest BCUT2D eigenvalue weighted by molar-refractivity contribution is 0.0695. The Labute approximate surface area is 107 Å². The SMILES string of the molecule is C[C@H](Cc1ccccc1C(=O)O)C1CNCCN1. The third-order valence-electron chi connectivity index (χ3n) is 3.55. The molecule has 1 aromatic carbocycles. The van der Waals surface area contributed by atoms with E-state index < -0.39 is 5.97 Å². The van der Waals surface area contributed by atoms with Crippen molar-refractivity contribution in [1.82, 2.24) is 10.6 Å². The molecule has 0 aromatic heterocycles. The Hall–Kier alpha value is -1.39. The topological polar surface area (TPSA) is 61.4 Å². The summed E-state index contributed by atoms with van der Waals surface area (Å²) < 4.78 is 0. The van der Waals surface area contributed by atoms with Crippen LogP contribution in [0.3, 0.4) is 0 Å². The van der Waals surface area contributed by atoms with Crippen LogP contribution in [0.4, 0.5) is 0 Å². The molecule has 2 atom stereocenters. The van der Waals surface area contributed by atoms with Crippen molar-refractivity contribution in [2.45, 2.75) is 19.4 Å². The minimum Gasteiger partial charge on any atom is -0.478 e. The number of benzene rings is 1. The maximum absolute atomic E-state index is 11.2. The molecule has 18 heavy (non-hydrogen) atoms. The fourth-order valence-electron chi connectivity index (χ4n) is 2.47. The van der Waals surface area contributed by atoms with Gasteiger partial charge in [0, 0.05) is 25.7 Å². The molecule has 0 saturated carbocycles. The van der Waals surface area contributed by atoms with Crippen LogP contribution in [0.25, 0.3) is 0 Å². The third kappa shape index (κ3) is 3.09. The smallest absolute Gasteiger partial charge is 0.335 e. The lowest BCUT2D eigenvalue weighted by atomic mass is 9.90. The van der Waals surface area contributed by atoms with Gasteiger partial charge in [0.25, 0.3) is 0 Å². The second-order valence-corrected chi connectivity index (χ2v) is 4.91. The van der Waals surface area contributed by atoms with E-state index in [1.165, 1.54) is 0 Å². The Morgan fingerprint density at radius 2 is 2.22 bits per heavy atom. The van der Waals surface area contributed by atoms with E-state index in [0.29, 0.717) is 17.5 Å². The van der Waals surface area contributed by atoms with E-state index in [1.54, 1.807) is 12.1 Å². The summed E-state index contributed by atoms with van der Waals surface area (Å²) in [6.45, 7) is 5.12. The zero-order valence-electron chi connectivity index (χ0n) is 10.6.